The molecule has 1 atom stereocenters. The van der Waals surface area contributed by atoms with Gasteiger partial charge in [-0.2, -0.15) is 8.78 Å². The highest BCUT2D eigenvalue weighted by Gasteiger charge is 2.26. The molecule has 1 aliphatic rings. The van der Waals surface area contributed by atoms with Crippen LogP contribution >= 0.6 is 22.6 Å². The zero-order valence-corrected chi connectivity index (χ0v) is 25.2. The third kappa shape index (κ3) is 9.60. The molecule has 43 heavy (non-hydrogen) atoms. The van der Waals surface area contributed by atoms with Crippen LogP contribution in [0, 0.1) is 0 Å². The van der Waals surface area contributed by atoms with E-state index in [-0.39, 0.29) is 17.9 Å². The largest absolute Gasteiger partial charge is 0.479 e. The quantitative estimate of drug-likeness (QED) is 0.141. The smallest absolute Gasteiger partial charge is 0.451 e. The molecule has 4 rings (SSSR count). The number of ether oxygens (including phenoxy) is 1. The minimum atomic E-state index is -3.37. The van der Waals surface area contributed by atoms with Crippen molar-refractivity contribution in [1.82, 2.24) is 5.32 Å². The molecule has 1 fully saturated rings. The van der Waals surface area contributed by atoms with Gasteiger partial charge in [0.25, 0.3) is 5.91 Å². The Morgan fingerprint density at radius 1 is 0.953 bits per heavy atom. The number of carboxylic acid groups (broad SMARTS) is 1. The van der Waals surface area contributed by atoms with Gasteiger partial charge in [0.1, 0.15) is 5.75 Å². The molecule has 0 heterocycles. The third-order valence-electron chi connectivity index (χ3n) is 7.13. The topological polar surface area (TPSA) is 108 Å². The van der Waals surface area contributed by atoms with Crippen LogP contribution in [0.5, 0.6) is 5.75 Å². The second kappa shape index (κ2) is 14.6. The van der Waals surface area contributed by atoms with E-state index in [9.17, 15) is 27.6 Å². The second-order valence-electron chi connectivity index (χ2n) is 10.2. The monoisotopic (exact) mass is 709 g/mol. The first-order valence-corrected chi connectivity index (χ1v) is 14.8. The number of benzene rings is 3. The number of halogens is 4. The molecule has 1 aliphatic carbocycles. The highest BCUT2D eigenvalue weighted by Crippen LogP contribution is 2.34. The van der Waals surface area contributed by atoms with Crippen LogP contribution in [0.25, 0.3) is 0 Å². The molecule has 0 bridgehead atoms. The number of anilines is 2. The number of nitrogens with zero attached hydrogens (tertiary/aromatic N) is 1. The molecular formula is C31H31F3IN3O5. The van der Waals surface area contributed by atoms with E-state index in [1.165, 1.54) is 66.1 Å². The van der Waals surface area contributed by atoms with Crippen molar-refractivity contribution in [3.05, 3.63) is 89.5 Å². The molecule has 0 saturated heterocycles. The number of carbonyl (C=O) groups is 3. The van der Waals surface area contributed by atoms with Crippen LogP contribution in [0.15, 0.2) is 72.8 Å². The number of nitrogens with one attached hydrogen (secondary N) is 2. The number of aliphatic carboxylic acids is 1. The fourth-order valence-corrected chi connectivity index (χ4v) is 5.14. The summed E-state index contributed by atoms with van der Waals surface area (Å²) in [7, 11) is 0. The van der Waals surface area contributed by atoms with Crippen LogP contribution in [-0.4, -0.2) is 39.8 Å². The van der Waals surface area contributed by atoms with Gasteiger partial charge in [-0.15, -0.1) is 0 Å². The van der Waals surface area contributed by atoms with E-state index in [1.807, 2.05) is 24.3 Å². The summed E-state index contributed by atoms with van der Waals surface area (Å²) in [5.41, 5.74) is 3.11. The van der Waals surface area contributed by atoms with Gasteiger partial charge in [-0.25, -0.2) is 14.0 Å². The summed E-state index contributed by atoms with van der Waals surface area (Å²) in [5, 5.41) is 13.7. The Bertz CT molecular complexity index is 1390. The molecule has 1 unspecified atom stereocenters. The summed E-state index contributed by atoms with van der Waals surface area (Å²) in [5.74, 6) is -1.85. The summed E-state index contributed by atoms with van der Waals surface area (Å²) in [6, 6.07) is 19.2. The Hall–Kier alpha value is -3.81. The minimum Gasteiger partial charge on any atom is -0.479 e. The molecule has 228 valence electrons. The van der Waals surface area contributed by atoms with Gasteiger partial charge < -0.3 is 20.5 Å². The maximum Gasteiger partial charge on any atom is 0.451 e. The van der Waals surface area contributed by atoms with Gasteiger partial charge in [-0.05, 0) is 78.4 Å². The Kier molecular flexibility index (Phi) is 10.9. The standard InChI is InChI=1S/C31H31F3IN3O5/c32-27(29(40)41)18-36-28(39)23-8-6-20(7-9-23)19-38(25-14-10-22(11-15-25)21-4-2-1-3-5-21)30(42)37-24-12-16-26(17-13-24)43-31(33,34)35/h6-17,21,27H,1-5,18-19H2,(H,36,39)(H,37,42)(H,40,41). The van der Waals surface area contributed by atoms with E-state index >= 15 is 0 Å². The van der Waals surface area contributed by atoms with Gasteiger partial charge in [-0.3, -0.25) is 9.69 Å². The minimum absolute atomic E-state index is 0.0540. The zero-order chi connectivity index (χ0) is 31.0. The van der Waals surface area contributed by atoms with Crippen molar-refractivity contribution in [3.63, 3.8) is 0 Å². The van der Waals surface area contributed by atoms with Crippen molar-refractivity contribution in [2.45, 2.75) is 54.9 Å². The SMILES string of the molecule is O=C(NCC(F)C(=O)O)c1ccc(CN(C(=O)Nc2ccc(OC(F)(F)I)cc2)c2ccc(C3CCCCC3)cc2)cc1. The lowest BCUT2D eigenvalue weighted by Gasteiger charge is -2.26. The average molecular weight is 710 g/mol. The third-order valence-corrected chi connectivity index (χ3v) is 7.35. The first kappa shape index (κ1) is 32.1. The van der Waals surface area contributed by atoms with Crippen LogP contribution in [0.2, 0.25) is 0 Å². The van der Waals surface area contributed by atoms with Gasteiger partial charge in [0.05, 0.1) is 35.7 Å². The van der Waals surface area contributed by atoms with E-state index in [1.54, 1.807) is 12.1 Å². The molecule has 12 heteroatoms. The lowest BCUT2D eigenvalue weighted by molar-refractivity contribution is -0.142. The highest BCUT2D eigenvalue weighted by molar-refractivity contribution is 14.1. The summed E-state index contributed by atoms with van der Waals surface area (Å²) in [6.45, 7) is -0.529. The van der Waals surface area contributed by atoms with Crippen LogP contribution in [0.1, 0.15) is 59.5 Å². The number of carboxylic acids is 1. The first-order valence-electron chi connectivity index (χ1n) is 13.8. The maximum absolute atomic E-state index is 13.5. The summed E-state index contributed by atoms with van der Waals surface area (Å²) in [4.78, 5) is 38.0. The molecular weight excluding hydrogens is 678 g/mol. The van der Waals surface area contributed by atoms with Crippen molar-refractivity contribution in [2.75, 3.05) is 16.8 Å². The lowest BCUT2D eigenvalue weighted by atomic mass is 9.84. The van der Waals surface area contributed by atoms with Gasteiger partial charge in [-0.1, -0.05) is 43.5 Å². The molecule has 0 spiro atoms. The summed E-state index contributed by atoms with van der Waals surface area (Å²) in [6.07, 6.45) is 3.69. The maximum atomic E-state index is 13.5. The van der Waals surface area contributed by atoms with Gasteiger partial charge in [0, 0.05) is 16.9 Å². The fraction of sp³-hybridized carbons (Fsp3) is 0.323. The van der Waals surface area contributed by atoms with Crippen LogP contribution in [0.3, 0.4) is 0 Å². The van der Waals surface area contributed by atoms with E-state index in [0.717, 1.165) is 35.4 Å². The Labute approximate surface area is 260 Å². The number of urea groups is 1. The van der Waals surface area contributed by atoms with Crippen molar-refractivity contribution < 1.29 is 37.4 Å². The average Bonchev–Trinajstić information content (AvgIpc) is 2.99. The number of rotatable bonds is 11. The predicted octanol–water partition coefficient (Wildman–Crippen LogP) is 7.49. The van der Waals surface area contributed by atoms with Gasteiger partial charge >= 0.3 is 16.1 Å². The molecule has 3 amide bonds. The Morgan fingerprint density at radius 3 is 2.16 bits per heavy atom. The zero-order valence-electron chi connectivity index (χ0n) is 23.1. The Morgan fingerprint density at radius 2 is 1.58 bits per heavy atom. The van der Waals surface area contributed by atoms with Crippen LogP contribution in [0.4, 0.5) is 29.3 Å². The van der Waals surface area contributed by atoms with E-state index in [2.05, 4.69) is 15.4 Å². The molecule has 3 aromatic rings. The predicted molar refractivity (Wildman–Crippen MR) is 165 cm³/mol. The van der Waals surface area contributed by atoms with Crippen LogP contribution in [-0.2, 0) is 11.3 Å². The van der Waals surface area contributed by atoms with Crippen molar-refractivity contribution in [2.24, 2.45) is 0 Å². The molecule has 0 radical (unpaired) electrons. The number of alkyl halides is 4. The molecule has 1 saturated carbocycles. The number of hydrogen-bond acceptors (Lipinski definition) is 4. The Balaban J connectivity index is 1.50. The van der Waals surface area contributed by atoms with Gasteiger partial charge in [0.15, 0.2) is 0 Å². The molecule has 8 nitrogen and oxygen atoms in total. The van der Waals surface area contributed by atoms with Gasteiger partial charge in [0.2, 0.25) is 6.17 Å². The molecule has 3 N–H and O–H groups in total. The van der Waals surface area contributed by atoms with E-state index in [4.69, 9.17) is 5.11 Å². The van der Waals surface area contributed by atoms with E-state index in [0.29, 0.717) is 22.9 Å². The summed E-state index contributed by atoms with van der Waals surface area (Å²) < 4.78 is 40.8. The number of carbonyl (C=O) groups excluding carboxylic acids is 2. The molecule has 3 aromatic carbocycles. The normalized spacial score (nSPS) is 14.4. The van der Waals surface area contributed by atoms with E-state index < -0.39 is 34.7 Å². The molecule has 0 aliphatic heterocycles. The molecule has 0 aromatic heterocycles. The fourth-order valence-electron chi connectivity index (χ4n) is 4.89. The highest BCUT2D eigenvalue weighted by atomic mass is 127. The first-order chi connectivity index (χ1) is 20.5. The van der Waals surface area contributed by atoms with Crippen LogP contribution < -0.4 is 20.3 Å². The number of amides is 3. The second-order valence-corrected chi connectivity index (χ2v) is 11.5. The van der Waals surface area contributed by atoms with Crippen molar-refractivity contribution >= 4 is 51.9 Å². The van der Waals surface area contributed by atoms with Crippen molar-refractivity contribution in [3.8, 4) is 5.75 Å². The lowest BCUT2D eigenvalue weighted by Crippen LogP contribution is -2.35. The van der Waals surface area contributed by atoms with Crippen molar-refractivity contribution in [1.29, 1.82) is 0 Å². The summed E-state index contributed by atoms with van der Waals surface area (Å²) >= 11 is 0.874. The number of hydrogen-bond donors (Lipinski definition) is 3.